The van der Waals surface area contributed by atoms with Crippen LogP contribution in [0.1, 0.15) is 17.2 Å². The first-order valence-electron chi connectivity index (χ1n) is 10.3. The Morgan fingerprint density at radius 3 is 2.47 bits per heavy atom. The minimum Gasteiger partial charge on any atom is -0.507 e. The van der Waals surface area contributed by atoms with Gasteiger partial charge in [0.2, 0.25) is 0 Å². The Morgan fingerprint density at radius 1 is 1.00 bits per heavy atom. The average Bonchev–Trinajstić information content (AvgIpc) is 3.41. The van der Waals surface area contributed by atoms with E-state index in [1.54, 1.807) is 55.6 Å². The highest BCUT2D eigenvalue weighted by atomic mass is 32.1. The summed E-state index contributed by atoms with van der Waals surface area (Å²) in [4.78, 5) is 36.5. The number of carbonyl (C=O) groups excluding carboxylic acids is 2. The number of thiazole rings is 1. The summed E-state index contributed by atoms with van der Waals surface area (Å²) < 4.78 is 11.5. The van der Waals surface area contributed by atoms with E-state index in [4.69, 9.17) is 9.47 Å². The van der Waals surface area contributed by atoms with Gasteiger partial charge in [-0.25, -0.2) is 4.98 Å². The van der Waals surface area contributed by atoms with E-state index >= 15 is 0 Å². The maximum atomic E-state index is 13.3. The third-order valence-electron chi connectivity index (χ3n) is 5.60. The van der Waals surface area contributed by atoms with Gasteiger partial charge in [0.15, 0.2) is 5.13 Å². The number of anilines is 1. The number of benzene rings is 2. The molecular weight excluding hydrogens is 454 g/mol. The number of ketones is 1. The molecule has 1 aliphatic rings. The van der Waals surface area contributed by atoms with Crippen molar-refractivity contribution in [3.63, 3.8) is 0 Å². The van der Waals surface area contributed by atoms with Gasteiger partial charge in [0, 0.05) is 18.0 Å². The van der Waals surface area contributed by atoms with Crippen LogP contribution in [0.3, 0.4) is 0 Å². The highest BCUT2D eigenvalue weighted by Gasteiger charge is 2.48. The van der Waals surface area contributed by atoms with E-state index in [0.29, 0.717) is 33.3 Å². The first-order chi connectivity index (χ1) is 16.5. The fourth-order valence-corrected chi connectivity index (χ4v) is 4.97. The zero-order chi connectivity index (χ0) is 23.8. The summed E-state index contributed by atoms with van der Waals surface area (Å²) in [7, 11) is 3.11. The second-order valence-corrected chi connectivity index (χ2v) is 8.52. The average molecular weight is 474 g/mol. The van der Waals surface area contributed by atoms with Crippen LogP contribution in [-0.2, 0) is 9.59 Å². The molecule has 1 fully saturated rings. The number of amides is 1. The lowest BCUT2D eigenvalue weighted by molar-refractivity contribution is -0.132. The summed E-state index contributed by atoms with van der Waals surface area (Å²) in [6.45, 7) is 0. The van der Waals surface area contributed by atoms with Crippen molar-refractivity contribution in [3.8, 4) is 11.5 Å². The van der Waals surface area contributed by atoms with E-state index in [9.17, 15) is 14.7 Å². The lowest BCUT2D eigenvalue weighted by Crippen LogP contribution is -2.29. The largest absolute Gasteiger partial charge is 0.507 e. The molecule has 1 unspecified atom stereocenters. The third kappa shape index (κ3) is 3.56. The van der Waals surface area contributed by atoms with Crippen LogP contribution in [0.15, 0.2) is 72.6 Å². The molecule has 34 heavy (non-hydrogen) atoms. The van der Waals surface area contributed by atoms with Crippen molar-refractivity contribution in [2.45, 2.75) is 6.04 Å². The highest BCUT2D eigenvalue weighted by molar-refractivity contribution is 7.22. The first-order valence-corrected chi connectivity index (χ1v) is 11.1. The Balaban J connectivity index is 1.73. The number of methoxy groups -OCH3 is 2. The fraction of sp³-hybridized carbons (Fsp3) is 0.120. The van der Waals surface area contributed by atoms with Crippen LogP contribution in [0.25, 0.3) is 16.0 Å². The van der Waals surface area contributed by atoms with Crippen LogP contribution in [0.5, 0.6) is 11.5 Å². The number of Topliss-reactive ketones (excluding diaryl/α,β-unsaturated/α-hetero) is 1. The van der Waals surface area contributed by atoms with Gasteiger partial charge in [0.25, 0.3) is 5.78 Å². The zero-order valence-corrected chi connectivity index (χ0v) is 19.1. The molecule has 2 aromatic carbocycles. The van der Waals surface area contributed by atoms with Gasteiger partial charge < -0.3 is 14.6 Å². The van der Waals surface area contributed by atoms with Gasteiger partial charge in [-0.3, -0.25) is 19.5 Å². The second kappa shape index (κ2) is 8.60. The van der Waals surface area contributed by atoms with Crippen molar-refractivity contribution in [3.05, 3.63) is 83.7 Å². The molecule has 1 atom stereocenters. The molecule has 1 aliphatic heterocycles. The van der Waals surface area contributed by atoms with Gasteiger partial charge in [-0.1, -0.05) is 23.5 Å². The summed E-state index contributed by atoms with van der Waals surface area (Å²) in [5.74, 6) is -0.625. The quantitative estimate of drug-likeness (QED) is 0.261. The third-order valence-corrected chi connectivity index (χ3v) is 6.62. The summed E-state index contributed by atoms with van der Waals surface area (Å²) in [5, 5.41) is 11.5. The highest BCUT2D eigenvalue weighted by Crippen LogP contribution is 2.45. The minimum absolute atomic E-state index is 0.0266. The van der Waals surface area contributed by atoms with E-state index in [2.05, 4.69) is 9.97 Å². The van der Waals surface area contributed by atoms with Crippen LogP contribution in [0, 0.1) is 0 Å². The number of aromatic nitrogens is 2. The van der Waals surface area contributed by atoms with Crippen molar-refractivity contribution < 1.29 is 24.2 Å². The SMILES string of the molecule is COc1cccc(C2/C(=C(\O)c3ccncc3)C(=O)C(=O)N2c2nc3ccc(OC)cc3s2)c1. The standard InChI is InChI=1S/C25H19N3O5S/c1-32-16-5-3-4-15(12-16)21-20(22(29)14-8-10-26-11-9-14)23(30)24(31)28(21)25-27-18-7-6-17(33-2)13-19(18)34-25/h3-13,21,29H,1-2H3/b22-20+. The Kier molecular flexibility index (Phi) is 5.46. The van der Waals surface area contributed by atoms with E-state index in [1.807, 2.05) is 6.07 Å². The summed E-state index contributed by atoms with van der Waals surface area (Å²) in [6, 6.07) is 14.7. The molecular formula is C25H19N3O5S. The maximum absolute atomic E-state index is 13.3. The van der Waals surface area contributed by atoms with Crippen LogP contribution in [0.2, 0.25) is 0 Å². The molecule has 1 N–H and O–H groups in total. The molecule has 0 bridgehead atoms. The van der Waals surface area contributed by atoms with Crippen LogP contribution < -0.4 is 14.4 Å². The summed E-state index contributed by atoms with van der Waals surface area (Å²) in [5.41, 5.74) is 1.63. The van der Waals surface area contributed by atoms with Crippen molar-refractivity contribution in [1.29, 1.82) is 0 Å². The molecule has 3 heterocycles. The lowest BCUT2D eigenvalue weighted by atomic mass is 9.95. The molecule has 0 spiro atoms. The number of carbonyl (C=O) groups is 2. The molecule has 5 rings (SSSR count). The molecule has 2 aromatic heterocycles. The number of aliphatic hydroxyl groups excluding tert-OH is 1. The molecule has 8 nitrogen and oxygen atoms in total. The van der Waals surface area contributed by atoms with Crippen molar-refractivity contribution in [2.24, 2.45) is 0 Å². The number of nitrogens with zero attached hydrogens (tertiary/aromatic N) is 3. The monoisotopic (exact) mass is 473 g/mol. The summed E-state index contributed by atoms with van der Waals surface area (Å²) >= 11 is 1.26. The second-order valence-electron chi connectivity index (χ2n) is 7.51. The number of hydrogen-bond acceptors (Lipinski definition) is 8. The van der Waals surface area contributed by atoms with Gasteiger partial charge >= 0.3 is 5.91 Å². The van der Waals surface area contributed by atoms with Gasteiger partial charge in [-0.2, -0.15) is 0 Å². The predicted octanol–water partition coefficient (Wildman–Crippen LogP) is 4.33. The van der Waals surface area contributed by atoms with Gasteiger partial charge in [-0.05, 0) is 48.0 Å². The topological polar surface area (TPSA) is 102 Å². The Morgan fingerprint density at radius 2 is 1.74 bits per heavy atom. The lowest BCUT2D eigenvalue weighted by Gasteiger charge is -2.23. The molecule has 0 saturated carbocycles. The van der Waals surface area contributed by atoms with E-state index in [0.717, 1.165) is 4.70 Å². The normalized spacial score (nSPS) is 17.4. The molecule has 1 amide bonds. The minimum atomic E-state index is -0.897. The molecule has 170 valence electrons. The first kappa shape index (κ1) is 21.6. The molecule has 1 saturated heterocycles. The predicted molar refractivity (Wildman–Crippen MR) is 128 cm³/mol. The molecule has 4 aromatic rings. The number of ether oxygens (including phenoxy) is 2. The summed E-state index contributed by atoms with van der Waals surface area (Å²) in [6.07, 6.45) is 3.01. The fourth-order valence-electron chi connectivity index (χ4n) is 3.94. The van der Waals surface area contributed by atoms with E-state index < -0.39 is 17.7 Å². The number of rotatable bonds is 5. The number of hydrogen-bond donors (Lipinski definition) is 1. The van der Waals surface area contributed by atoms with Crippen LogP contribution >= 0.6 is 11.3 Å². The van der Waals surface area contributed by atoms with Gasteiger partial charge in [0.1, 0.15) is 17.3 Å². The smallest absolute Gasteiger partial charge is 0.301 e. The van der Waals surface area contributed by atoms with E-state index in [1.165, 1.54) is 35.7 Å². The molecule has 0 aliphatic carbocycles. The van der Waals surface area contributed by atoms with Crippen LogP contribution in [-0.4, -0.2) is 41.0 Å². The van der Waals surface area contributed by atoms with Crippen LogP contribution in [0.4, 0.5) is 5.13 Å². The van der Waals surface area contributed by atoms with Gasteiger partial charge in [-0.15, -0.1) is 0 Å². The Hall–Kier alpha value is -4.24. The number of aliphatic hydroxyl groups is 1. The molecule has 9 heteroatoms. The molecule has 0 radical (unpaired) electrons. The van der Waals surface area contributed by atoms with Crippen molar-refractivity contribution in [1.82, 2.24) is 9.97 Å². The van der Waals surface area contributed by atoms with Gasteiger partial charge in [0.05, 0.1) is 36.1 Å². The van der Waals surface area contributed by atoms with Crippen molar-refractivity contribution in [2.75, 3.05) is 19.1 Å². The van der Waals surface area contributed by atoms with E-state index in [-0.39, 0.29) is 11.3 Å². The Bertz CT molecular complexity index is 1450. The Labute approximate surface area is 198 Å². The zero-order valence-electron chi connectivity index (χ0n) is 18.3. The number of pyridine rings is 1. The maximum Gasteiger partial charge on any atom is 0.301 e. The number of fused-ring (bicyclic) bond motifs is 1. The van der Waals surface area contributed by atoms with Crippen molar-refractivity contribution >= 4 is 44.1 Å².